The largest absolute Gasteiger partial charge is 0.360 e. The van der Waals surface area contributed by atoms with Crippen LogP contribution in [-0.4, -0.2) is 59.2 Å². The number of hydrogen-bond acceptors (Lipinski definition) is 4. The molecule has 0 bridgehead atoms. The van der Waals surface area contributed by atoms with Gasteiger partial charge in [0.1, 0.15) is 0 Å². The molecular weight excluding hydrogens is 358 g/mol. The number of fused-ring (bicyclic) bond motifs is 1. The Bertz CT molecular complexity index is 953. The first-order valence-electron chi connectivity index (χ1n) is 9.34. The molecule has 1 aliphatic rings. The number of carbonyl (C=O) groups excluding carboxylic acids is 2. The van der Waals surface area contributed by atoms with Crippen molar-refractivity contribution in [3.63, 3.8) is 0 Å². The van der Waals surface area contributed by atoms with Crippen LogP contribution < -0.4 is 0 Å². The van der Waals surface area contributed by atoms with E-state index >= 15 is 0 Å². The summed E-state index contributed by atoms with van der Waals surface area (Å²) in [5, 5.41) is 2.93. The van der Waals surface area contributed by atoms with Crippen LogP contribution in [0.5, 0.6) is 0 Å². The molecule has 140 valence electrons. The summed E-state index contributed by atoms with van der Waals surface area (Å²) >= 11 is 1.48. The van der Waals surface area contributed by atoms with E-state index in [2.05, 4.69) is 22.9 Å². The lowest BCUT2D eigenvalue weighted by atomic mass is 10.0. The molecule has 27 heavy (non-hydrogen) atoms. The van der Waals surface area contributed by atoms with Crippen molar-refractivity contribution in [2.45, 2.75) is 13.3 Å². The van der Waals surface area contributed by atoms with Gasteiger partial charge >= 0.3 is 0 Å². The molecule has 3 heterocycles. The Hall–Kier alpha value is -2.44. The average molecular weight is 382 g/mol. The molecule has 0 aliphatic carbocycles. The van der Waals surface area contributed by atoms with Gasteiger partial charge in [0.25, 0.3) is 5.91 Å². The molecule has 6 heteroatoms. The minimum absolute atomic E-state index is 0.0969. The third kappa shape index (κ3) is 3.55. The summed E-state index contributed by atoms with van der Waals surface area (Å²) in [6, 6.07) is 9.88. The number of ketones is 1. The molecule has 0 spiro atoms. The highest BCUT2D eigenvalue weighted by molar-refractivity contribution is 7.12. The van der Waals surface area contributed by atoms with E-state index in [0.29, 0.717) is 19.6 Å². The topological polar surface area (TPSA) is 56.4 Å². The average Bonchev–Trinajstić information content (AvgIpc) is 3.37. The highest BCUT2D eigenvalue weighted by Crippen LogP contribution is 2.23. The summed E-state index contributed by atoms with van der Waals surface area (Å²) in [5.74, 6) is 0.229. The number of aromatic nitrogens is 1. The number of amides is 1. The molecule has 1 amide bonds. The fourth-order valence-corrected chi connectivity index (χ4v) is 4.39. The van der Waals surface area contributed by atoms with Crippen molar-refractivity contribution in [2.75, 3.05) is 32.7 Å². The predicted octanol–water partition coefficient (Wildman–Crippen LogP) is 3.43. The van der Waals surface area contributed by atoms with Gasteiger partial charge in [0.2, 0.25) is 0 Å². The molecule has 0 radical (unpaired) electrons. The van der Waals surface area contributed by atoms with Gasteiger partial charge in [0.05, 0.1) is 11.4 Å². The summed E-state index contributed by atoms with van der Waals surface area (Å²) in [5.41, 5.74) is 3.05. The molecule has 3 aromatic rings. The van der Waals surface area contributed by atoms with Crippen molar-refractivity contribution < 1.29 is 9.59 Å². The molecule has 0 atom stereocenters. The second kappa shape index (κ2) is 7.66. The number of H-pyrrole nitrogens is 1. The second-order valence-electron chi connectivity index (χ2n) is 6.86. The predicted molar refractivity (Wildman–Crippen MR) is 109 cm³/mol. The Labute approximate surface area is 162 Å². The van der Waals surface area contributed by atoms with Crippen molar-refractivity contribution in [2.24, 2.45) is 0 Å². The van der Waals surface area contributed by atoms with Crippen LogP contribution in [0.15, 0.2) is 41.9 Å². The fraction of sp³-hybridized carbons (Fsp3) is 0.333. The van der Waals surface area contributed by atoms with Gasteiger partial charge in [-0.2, -0.15) is 0 Å². The summed E-state index contributed by atoms with van der Waals surface area (Å²) in [6.07, 6.45) is 2.77. The summed E-state index contributed by atoms with van der Waals surface area (Å²) in [6.45, 7) is 5.30. The number of para-hydroxylation sites is 1. The van der Waals surface area contributed by atoms with Crippen LogP contribution in [0.2, 0.25) is 0 Å². The van der Waals surface area contributed by atoms with E-state index in [-0.39, 0.29) is 11.7 Å². The maximum absolute atomic E-state index is 12.8. The zero-order valence-corrected chi connectivity index (χ0v) is 16.2. The number of benzene rings is 1. The Balaban J connectivity index is 1.39. The van der Waals surface area contributed by atoms with Crippen LogP contribution in [-0.2, 0) is 6.42 Å². The quantitative estimate of drug-likeness (QED) is 0.689. The van der Waals surface area contributed by atoms with Gasteiger partial charge in [-0.15, -0.1) is 11.3 Å². The van der Waals surface area contributed by atoms with E-state index in [9.17, 15) is 9.59 Å². The molecular formula is C21H23N3O2S. The lowest BCUT2D eigenvalue weighted by molar-refractivity contribution is 0.0629. The standard InChI is InChI=1S/C21H23N3O2S/c1-2-15-5-3-6-16-17(13-22-20(15)16)18(25)14-23-8-10-24(11-9-23)21(26)19-7-4-12-27-19/h3-7,12-13,22H,2,8-11,14H2,1H3. The van der Waals surface area contributed by atoms with E-state index in [1.165, 1.54) is 16.9 Å². The molecule has 0 unspecified atom stereocenters. The zero-order valence-electron chi connectivity index (χ0n) is 15.4. The third-order valence-corrected chi connectivity index (χ3v) is 6.10. The summed E-state index contributed by atoms with van der Waals surface area (Å²) in [4.78, 5) is 33.4. The van der Waals surface area contributed by atoms with Gasteiger partial charge in [-0.3, -0.25) is 14.5 Å². The first-order chi connectivity index (χ1) is 13.2. The molecule has 4 rings (SSSR count). The van der Waals surface area contributed by atoms with E-state index in [1.54, 1.807) is 0 Å². The Morgan fingerprint density at radius 2 is 1.93 bits per heavy atom. The number of Topliss-reactive ketones (excluding diaryl/α,β-unsaturated/α-hetero) is 1. The number of piperazine rings is 1. The number of nitrogens with zero attached hydrogens (tertiary/aromatic N) is 2. The number of hydrogen-bond donors (Lipinski definition) is 1. The van der Waals surface area contributed by atoms with Crippen molar-refractivity contribution in [1.82, 2.24) is 14.8 Å². The van der Waals surface area contributed by atoms with E-state index < -0.39 is 0 Å². The SMILES string of the molecule is CCc1cccc2c(C(=O)CN3CCN(C(=O)c4cccs4)CC3)c[nH]c12. The highest BCUT2D eigenvalue weighted by atomic mass is 32.1. The fourth-order valence-electron chi connectivity index (χ4n) is 3.70. The molecule has 1 N–H and O–H groups in total. The van der Waals surface area contributed by atoms with Gasteiger partial charge < -0.3 is 9.88 Å². The van der Waals surface area contributed by atoms with E-state index in [1.807, 2.05) is 40.7 Å². The van der Waals surface area contributed by atoms with Crippen molar-refractivity contribution in [3.8, 4) is 0 Å². The van der Waals surface area contributed by atoms with Crippen LogP contribution in [0.4, 0.5) is 0 Å². The highest BCUT2D eigenvalue weighted by Gasteiger charge is 2.24. The lowest BCUT2D eigenvalue weighted by Crippen LogP contribution is -2.49. The molecule has 1 aliphatic heterocycles. The summed E-state index contributed by atoms with van der Waals surface area (Å²) < 4.78 is 0. The number of aromatic amines is 1. The van der Waals surface area contributed by atoms with Crippen LogP contribution in [0.1, 0.15) is 32.5 Å². The minimum atomic E-state index is 0.0969. The Morgan fingerprint density at radius 3 is 2.63 bits per heavy atom. The second-order valence-corrected chi connectivity index (χ2v) is 7.81. The maximum Gasteiger partial charge on any atom is 0.264 e. The normalized spacial score (nSPS) is 15.4. The minimum Gasteiger partial charge on any atom is -0.360 e. The monoisotopic (exact) mass is 381 g/mol. The molecule has 1 fully saturated rings. The molecule has 1 saturated heterocycles. The molecule has 5 nitrogen and oxygen atoms in total. The van der Waals surface area contributed by atoms with E-state index in [4.69, 9.17) is 0 Å². The van der Waals surface area contributed by atoms with Gasteiger partial charge in [-0.25, -0.2) is 0 Å². The van der Waals surface area contributed by atoms with Gasteiger partial charge in [-0.05, 0) is 23.4 Å². The number of carbonyl (C=O) groups is 2. The lowest BCUT2D eigenvalue weighted by Gasteiger charge is -2.34. The van der Waals surface area contributed by atoms with Crippen LogP contribution in [0.3, 0.4) is 0 Å². The Kier molecular flexibility index (Phi) is 5.09. The van der Waals surface area contributed by atoms with E-state index in [0.717, 1.165) is 40.9 Å². The zero-order chi connectivity index (χ0) is 18.8. The number of nitrogens with one attached hydrogen (secondary N) is 1. The van der Waals surface area contributed by atoms with Gasteiger partial charge in [0.15, 0.2) is 5.78 Å². The van der Waals surface area contributed by atoms with Gasteiger partial charge in [0, 0.05) is 48.8 Å². The Morgan fingerprint density at radius 1 is 1.11 bits per heavy atom. The maximum atomic E-state index is 12.8. The van der Waals surface area contributed by atoms with Gasteiger partial charge in [-0.1, -0.05) is 31.2 Å². The van der Waals surface area contributed by atoms with Crippen LogP contribution in [0, 0.1) is 0 Å². The smallest absolute Gasteiger partial charge is 0.264 e. The molecule has 1 aromatic carbocycles. The number of aryl methyl sites for hydroxylation is 1. The van der Waals surface area contributed by atoms with Crippen molar-refractivity contribution in [1.29, 1.82) is 0 Å². The van der Waals surface area contributed by atoms with Crippen molar-refractivity contribution >= 4 is 33.9 Å². The summed E-state index contributed by atoms with van der Waals surface area (Å²) in [7, 11) is 0. The molecule has 0 saturated carbocycles. The van der Waals surface area contributed by atoms with Crippen molar-refractivity contribution in [3.05, 3.63) is 57.9 Å². The first-order valence-corrected chi connectivity index (χ1v) is 10.2. The first kappa shape index (κ1) is 17.9. The third-order valence-electron chi connectivity index (χ3n) is 5.24. The van der Waals surface area contributed by atoms with Crippen LogP contribution >= 0.6 is 11.3 Å². The van der Waals surface area contributed by atoms with Crippen LogP contribution in [0.25, 0.3) is 10.9 Å². The number of rotatable bonds is 5. The number of thiophene rings is 1. The molecule has 2 aromatic heterocycles.